The first kappa shape index (κ1) is 18.5. The van der Waals surface area contributed by atoms with E-state index < -0.39 is 5.54 Å². The minimum Gasteiger partial charge on any atom is -0.508 e. The van der Waals surface area contributed by atoms with E-state index in [-0.39, 0.29) is 24.2 Å². The maximum absolute atomic E-state index is 13.0. The number of phenols is 1. The topological polar surface area (TPSA) is 88.2 Å². The standard InChI is InChI=1S/C20H29N3O3/c1-13-9-16(24)10-14(2)17(13)26-12-20(11-15-7-5-4-6-8-15)18(25)23(3)19(21)22-20/h9-10,15,24H,4-8,11-12H2,1-3H3,(H2,21,22). The molecule has 1 aromatic carbocycles. The Morgan fingerprint density at radius 2 is 1.88 bits per heavy atom. The van der Waals surface area contributed by atoms with E-state index >= 15 is 0 Å². The number of nitrogens with zero attached hydrogens (tertiary/aromatic N) is 2. The van der Waals surface area contributed by atoms with E-state index in [4.69, 9.17) is 10.5 Å². The number of amides is 1. The number of carbonyl (C=O) groups excluding carboxylic acids is 1. The molecule has 2 aliphatic rings. The lowest BCUT2D eigenvalue weighted by molar-refractivity contribution is -0.132. The molecule has 1 unspecified atom stereocenters. The maximum atomic E-state index is 13.0. The third kappa shape index (κ3) is 3.50. The van der Waals surface area contributed by atoms with Crippen molar-refractivity contribution in [2.45, 2.75) is 57.9 Å². The van der Waals surface area contributed by atoms with Crippen molar-refractivity contribution in [3.05, 3.63) is 23.3 Å². The van der Waals surface area contributed by atoms with Crippen LogP contribution in [0.15, 0.2) is 17.1 Å². The number of hydrogen-bond donors (Lipinski definition) is 2. The molecule has 1 aliphatic heterocycles. The van der Waals surface area contributed by atoms with Gasteiger partial charge in [0.05, 0.1) is 0 Å². The molecule has 0 radical (unpaired) electrons. The average molecular weight is 359 g/mol. The highest BCUT2D eigenvalue weighted by atomic mass is 16.5. The summed E-state index contributed by atoms with van der Waals surface area (Å²) in [5.41, 5.74) is 6.70. The zero-order valence-electron chi connectivity index (χ0n) is 15.9. The van der Waals surface area contributed by atoms with Crippen molar-refractivity contribution in [1.82, 2.24) is 4.90 Å². The van der Waals surface area contributed by atoms with E-state index in [0.29, 0.717) is 18.1 Å². The van der Waals surface area contributed by atoms with Crippen LogP contribution in [0, 0.1) is 19.8 Å². The van der Waals surface area contributed by atoms with Crippen LogP contribution >= 0.6 is 0 Å². The van der Waals surface area contributed by atoms with Crippen LogP contribution in [0.4, 0.5) is 0 Å². The predicted octanol–water partition coefficient (Wildman–Crippen LogP) is 2.88. The number of hydrogen-bond acceptors (Lipinski definition) is 5. The summed E-state index contributed by atoms with van der Waals surface area (Å²) in [6.07, 6.45) is 6.62. The molecule has 3 N–H and O–H groups in total. The number of ether oxygens (including phenoxy) is 1. The summed E-state index contributed by atoms with van der Waals surface area (Å²) < 4.78 is 6.10. The van der Waals surface area contributed by atoms with Crippen LogP contribution in [0.25, 0.3) is 0 Å². The molecule has 0 saturated heterocycles. The molecule has 1 aromatic rings. The largest absolute Gasteiger partial charge is 0.508 e. The Labute approximate surface area is 155 Å². The lowest BCUT2D eigenvalue weighted by Crippen LogP contribution is -2.47. The normalized spacial score (nSPS) is 24.0. The van der Waals surface area contributed by atoms with E-state index in [2.05, 4.69) is 4.99 Å². The molecule has 1 saturated carbocycles. The Hall–Kier alpha value is -2.24. The first-order chi connectivity index (χ1) is 12.3. The van der Waals surface area contributed by atoms with Gasteiger partial charge in [-0.25, -0.2) is 4.99 Å². The average Bonchev–Trinajstić information content (AvgIpc) is 2.79. The van der Waals surface area contributed by atoms with Crippen molar-refractivity contribution in [2.24, 2.45) is 16.6 Å². The Morgan fingerprint density at radius 3 is 2.42 bits per heavy atom. The number of aliphatic imine (C=N–C) groups is 1. The molecule has 1 atom stereocenters. The highest BCUT2D eigenvalue weighted by molar-refractivity contribution is 6.06. The highest BCUT2D eigenvalue weighted by Gasteiger charge is 2.48. The molecular formula is C20H29N3O3. The molecular weight excluding hydrogens is 330 g/mol. The van der Waals surface area contributed by atoms with Gasteiger partial charge in [-0.3, -0.25) is 9.69 Å². The molecule has 0 spiro atoms. The third-order valence-electron chi connectivity index (χ3n) is 5.63. The number of carbonyl (C=O) groups is 1. The van der Waals surface area contributed by atoms with Crippen molar-refractivity contribution >= 4 is 11.9 Å². The summed E-state index contributed by atoms with van der Waals surface area (Å²) in [7, 11) is 1.67. The van der Waals surface area contributed by atoms with Gasteiger partial charge in [0.1, 0.15) is 18.1 Å². The Kier molecular flexibility index (Phi) is 5.12. The Bertz CT molecular complexity index is 702. The molecule has 1 aliphatic carbocycles. The second-order valence-corrected chi connectivity index (χ2v) is 7.77. The van der Waals surface area contributed by atoms with Gasteiger partial charge in [-0.1, -0.05) is 32.1 Å². The molecule has 1 amide bonds. The number of nitrogens with two attached hydrogens (primary N) is 1. The summed E-state index contributed by atoms with van der Waals surface area (Å²) in [4.78, 5) is 19.0. The van der Waals surface area contributed by atoms with Crippen LogP contribution < -0.4 is 10.5 Å². The van der Waals surface area contributed by atoms with Gasteiger partial charge in [-0.2, -0.15) is 0 Å². The molecule has 0 aromatic heterocycles. The summed E-state index contributed by atoms with van der Waals surface area (Å²) >= 11 is 0. The predicted molar refractivity (Wildman–Crippen MR) is 101 cm³/mol. The fourth-order valence-corrected chi connectivity index (χ4v) is 4.26. The minimum atomic E-state index is -0.947. The summed E-state index contributed by atoms with van der Waals surface area (Å²) in [5, 5.41) is 9.72. The van der Waals surface area contributed by atoms with E-state index in [0.717, 1.165) is 24.0 Å². The van der Waals surface area contributed by atoms with Gasteiger partial charge in [0.2, 0.25) is 0 Å². The fourth-order valence-electron chi connectivity index (χ4n) is 4.26. The number of rotatable bonds is 5. The number of phenolic OH excluding ortho intramolecular Hbond substituents is 1. The lowest BCUT2D eigenvalue weighted by atomic mass is 9.79. The smallest absolute Gasteiger partial charge is 0.260 e. The minimum absolute atomic E-state index is 0.0883. The van der Waals surface area contributed by atoms with Gasteiger partial charge in [-0.15, -0.1) is 0 Å². The summed E-state index contributed by atoms with van der Waals surface area (Å²) in [5.74, 6) is 1.55. The van der Waals surface area contributed by atoms with Crippen LogP contribution in [-0.2, 0) is 4.79 Å². The Balaban J connectivity index is 1.84. The molecule has 142 valence electrons. The van der Waals surface area contributed by atoms with Crippen LogP contribution in [0.5, 0.6) is 11.5 Å². The molecule has 0 bridgehead atoms. The van der Waals surface area contributed by atoms with Gasteiger partial charge in [0, 0.05) is 7.05 Å². The van der Waals surface area contributed by atoms with Crippen LogP contribution in [0.1, 0.15) is 49.7 Å². The number of guanidine groups is 1. The van der Waals surface area contributed by atoms with Crippen LogP contribution in [-0.4, -0.2) is 41.1 Å². The zero-order valence-corrected chi connectivity index (χ0v) is 15.9. The number of aryl methyl sites for hydroxylation is 2. The van der Waals surface area contributed by atoms with Crippen molar-refractivity contribution in [3.8, 4) is 11.5 Å². The van der Waals surface area contributed by atoms with Gasteiger partial charge < -0.3 is 15.6 Å². The van der Waals surface area contributed by atoms with Crippen LogP contribution in [0.3, 0.4) is 0 Å². The molecule has 1 fully saturated rings. The van der Waals surface area contributed by atoms with Crippen molar-refractivity contribution in [3.63, 3.8) is 0 Å². The van der Waals surface area contributed by atoms with Crippen molar-refractivity contribution in [1.29, 1.82) is 0 Å². The number of likely N-dealkylation sites (N-methyl/N-ethyl adjacent to an activating group) is 1. The maximum Gasteiger partial charge on any atom is 0.260 e. The summed E-state index contributed by atoms with van der Waals surface area (Å²) in [6, 6.07) is 3.33. The fraction of sp³-hybridized carbons (Fsp3) is 0.600. The lowest BCUT2D eigenvalue weighted by Gasteiger charge is -2.31. The van der Waals surface area contributed by atoms with Gasteiger partial charge in [0.15, 0.2) is 11.5 Å². The van der Waals surface area contributed by atoms with E-state index in [9.17, 15) is 9.90 Å². The highest BCUT2D eigenvalue weighted by Crippen LogP contribution is 2.37. The number of benzene rings is 1. The number of aromatic hydroxyl groups is 1. The second kappa shape index (κ2) is 7.17. The summed E-state index contributed by atoms with van der Waals surface area (Å²) in [6.45, 7) is 3.94. The van der Waals surface area contributed by atoms with Gasteiger partial charge in [0.25, 0.3) is 5.91 Å². The molecule has 26 heavy (non-hydrogen) atoms. The van der Waals surface area contributed by atoms with Gasteiger partial charge in [-0.05, 0) is 49.4 Å². The quantitative estimate of drug-likeness (QED) is 0.846. The first-order valence-corrected chi connectivity index (χ1v) is 9.39. The Morgan fingerprint density at radius 1 is 1.27 bits per heavy atom. The zero-order chi connectivity index (χ0) is 18.9. The SMILES string of the molecule is Cc1cc(O)cc(C)c1OCC1(CC2CCCCC2)N=C(N)N(C)C1=O. The van der Waals surface area contributed by atoms with E-state index in [1.807, 2.05) is 13.8 Å². The molecule has 3 rings (SSSR count). The first-order valence-electron chi connectivity index (χ1n) is 9.39. The van der Waals surface area contributed by atoms with Crippen LogP contribution in [0.2, 0.25) is 0 Å². The van der Waals surface area contributed by atoms with Crippen molar-refractivity contribution in [2.75, 3.05) is 13.7 Å². The third-order valence-corrected chi connectivity index (χ3v) is 5.63. The van der Waals surface area contributed by atoms with Crippen molar-refractivity contribution < 1.29 is 14.6 Å². The van der Waals surface area contributed by atoms with Gasteiger partial charge >= 0.3 is 0 Å². The monoisotopic (exact) mass is 359 g/mol. The molecule has 6 nitrogen and oxygen atoms in total. The molecule has 6 heteroatoms. The molecule has 1 heterocycles. The second-order valence-electron chi connectivity index (χ2n) is 7.77. The van der Waals surface area contributed by atoms with E-state index in [1.165, 1.54) is 24.2 Å². The van der Waals surface area contributed by atoms with E-state index in [1.54, 1.807) is 19.2 Å².